The minimum absolute atomic E-state index is 0.135. The Kier molecular flexibility index (Phi) is 5.67. The molecule has 1 N–H and O–H groups in total. The van der Waals surface area contributed by atoms with Gasteiger partial charge in [0.1, 0.15) is 5.15 Å². The van der Waals surface area contributed by atoms with E-state index in [1.165, 1.54) is 25.7 Å². The molecule has 0 aliphatic heterocycles. The third kappa shape index (κ3) is 4.43. The van der Waals surface area contributed by atoms with Crippen molar-refractivity contribution in [3.8, 4) is 0 Å². The van der Waals surface area contributed by atoms with E-state index in [1.54, 1.807) is 12.3 Å². The van der Waals surface area contributed by atoms with Crippen LogP contribution < -0.4 is 5.32 Å². The second-order valence-corrected chi connectivity index (χ2v) is 7.75. The van der Waals surface area contributed by atoms with E-state index < -0.39 is 0 Å². The molecule has 0 bridgehead atoms. The summed E-state index contributed by atoms with van der Waals surface area (Å²) in [6.45, 7) is 5.22. The van der Waals surface area contributed by atoms with Gasteiger partial charge in [0.2, 0.25) is 0 Å². The van der Waals surface area contributed by atoms with Gasteiger partial charge in [0.15, 0.2) is 0 Å². The highest BCUT2D eigenvalue weighted by molar-refractivity contribution is 9.10. The zero-order chi connectivity index (χ0) is 15.5. The van der Waals surface area contributed by atoms with E-state index >= 15 is 0 Å². The number of rotatable bonds is 5. The summed E-state index contributed by atoms with van der Waals surface area (Å²) in [7, 11) is 0. The summed E-state index contributed by atoms with van der Waals surface area (Å²) in [5, 5.41) is 3.32. The normalized spacial score (nSPS) is 17.2. The van der Waals surface area contributed by atoms with Gasteiger partial charge in [-0.3, -0.25) is 4.79 Å². The lowest BCUT2D eigenvalue weighted by atomic mass is 9.78. The van der Waals surface area contributed by atoms with E-state index in [0.717, 1.165) is 17.4 Å². The Labute approximate surface area is 140 Å². The smallest absolute Gasteiger partial charge is 0.254 e. The van der Waals surface area contributed by atoms with Crippen LogP contribution in [-0.4, -0.2) is 17.4 Å². The third-order valence-corrected chi connectivity index (χ3v) is 4.91. The van der Waals surface area contributed by atoms with Gasteiger partial charge in [-0.1, -0.05) is 38.3 Å². The molecule has 1 aromatic heterocycles. The molecule has 0 saturated heterocycles. The maximum atomic E-state index is 12.3. The van der Waals surface area contributed by atoms with Gasteiger partial charge in [-0.05, 0) is 52.6 Å². The molecule has 5 heteroatoms. The number of hydrogen-bond acceptors (Lipinski definition) is 2. The minimum atomic E-state index is -0.135. The predicted molar refractivity (Wildman–Crippen MR) is 89.6 cm³/mol. The number of halogens is 2. The van der Waals surface area contributed by atoms with Gasteiger partial charge in [0, 0.05) is 17.2 Å². The number of hydrogen-bond donors (Lipinski definition) is 1. The Hall–Kier alpha value is -0.610. The molecule has 3 nitrogen and oxygen atoms in total. The van der Waals surface area contributed by atoms with E-state index in [9.17, 15) is 4.79 Å². The van der Waals surface area contributed by atoms with Crippen molar-refractivity contribution in [3.63, 3.8) is 0 Å². The lowest BCUT2D eigenvalue weighted by molar-refractivity contribution is 0.0921. The number of carbonyl (C=O) groups is 1. The van der Waals surface area contributed by atoms with Crippen LogP contribution in [0.2, 0.25) is 5.15 Å². The summed E-state index contributed by atoms with van der Waals surface area (Å²) in [5.74, 6) is 0.514. The first-order valence-corrected chi connectivity index (χ1v) is 8.68. The average molecular weight is 374 g/mol. The Balaban J connectivity index is 2.03. The van der Waals surface area contributed by atoms with Crippen LogP contribution in [0.1, 0.15) is 56.3 Å². The predicted octanol–water partition coefficient (Wildman–Crippen LogP) is 4.83. The summed E-state index contributed by atoms with van der Waals surface area (Å²) in [6.07, 6.45) is 7.70. The molecule has 1 aromatic rings. The lowest BCUT2D eigenvalue weighted by Crippen LogP contribution is -2.37. The van der Waals surface area contributed by atoms with Crippen LogP contribution in [0.4, 0.5) is 0 Å². The molecule has 0 unspecified atom stereocenters. The van der Waals surface area contributed by atoms with Crippen molar-refractivity contribution in [2.45, 2.75) is 46.0 Å². The molecule has 1 amide bonds. The Morgan fingerprint density at radius 1 is 1.48 bits per heavy atom. The molecule has 116 valence electrons. The van der Waals surface area contributed by atoms with Gasteiger partial charge >= 0.3 is 0 Å². The Morgan fingerprint density at radius 2 is 2.14 bits per heavy atom. The van der Waals surface area contributed by atoms with Crippen molar-refractivity contribution in [2.24, 2.45) is 11.3 Å². The van der Waals surface area contributed by atoms with E-state index in [2.05, 4.69) is 40.1 Å². The van der Waals surface area contributed by atoms with Gasteiger partial charge in [0.05, 0.1) is 5.56 Å². The number of pyridine rings is 1. The van der Waals surface area contributed by atoms with Crippen LogP contribution in [0.5, 0.6) is 0 Å². The molecular weight excluding hydrogens is 352 g/mol. The van der Waals surface area contributed by atoms with Crippen LogP contribution in [0.25, 0.3) is 0 Å². The SMILES string of the molecule is CC(C)CC1(CNC(=O)c2cc(Br)cnc2Cl)CCCC1. The molecule has 0 radical (unpaired) electrons. The lowest BCUT2D eigenvalue weighted by Gasteiger charge is -2.31. The number of aromatic nitrogens is 1. The summed E-state index contributed by atoms with van der Waals surface area (Å²) >= 11 is 9.34. The van der Waals surface area contributed by atoms with Crippen molar-refractivity contribution >= 4 is 33.4 Å². The zero-order valence-electron chi connectivity index (χ0n) is 12.6. The quantitative estimate of drug-likeness (QED) is 0.751. The maximum Gasteiger partial charge on any atom is 0.254 e. The minimum Gasteiger partial charge on any atom is -0.351 e. The number of nitrogens with one attached hydrogen (secondary N) is 1. The molecule has 21 heavy (non-hydrogen) atoms. The van der Waals surface area contributed by atoms with Crippen LogP contribution in [0.15, 0.2) is 16.7 Å². The van der Waals surface area contributed by atoms with Gasteiger partial charge in [-0.25, -0.2) is 4.98 Å². The summed E-state index contributed by atoms with van der Waals surface area (Å²) in [6, 6.07) is 1.72. The zero-order valence-corrected chi connectivity index (χ0v) is 14.9. The Bertz CT molecular complexity index is 513. The largest absolute Gasteiger partial charge is 0.351 e. The molecule has 0 spiro atoms. The van der Waals surface area contributed by atoms with Crippen molar-refractivity contribution in [2.75, 3.05) is 6.54 Å². The van der Waals surface area contributed by atoms with Crippen LogP contribution in [0.3, 0.4) is 0 Å². The molecule has 2 rings (SSSR count). The molecule has 0 aromatic carbocycles. The van der Waals surface area contributed by atoms with Gasteiger partial charge in [-0.2, -0.15) is 0 Å². The molecular formula is C16H22BrClN2O. The second kappa shape index (κ2) is 7.10. The number of amides is 1. The number of carbonyl (C=O) groups excluding carboxylic acids is 1. The molecule has 1 aliphatic rings. The van der Waals surface area contributed by atoms with Gasteiger partial charge in [-0.15, -0.1) is 0 Å². The molecule has 1 saturated carbocycles. The fourth-order valence-electron chi connectivity index (χ4n) is 3.39. The van der Waals surface area contributed by atoms with Gasteiger partial charge < -0.3 is 5.32 Å². The van der Waals surface area contributed by atoms with Gasteiger partial charge in [0.25, 0.3) is 5.91 Å². The molecule has 0 atom stereocenters. The first-order chi connectivity index (χ1) is 9.92. The fourth-order valence-corrected chi connectivity index (χ4v) is 3.91. The van der Waals surface area contributed by atoms with Crippen molar-refractivity contribution in [3.05, 3.63) is 27.5 Å². The highest BCUT2D eigenvalue weighted by Gasteiger charge is 2.34. The van der Waals surface area contributed by atoms with Crippen LogP contribution >= 0.6 is 27.5 Å². The highest BCUT2D eigenvalue weighted by Crippen LogP contribution is 2.42. The van der Waals surface area contributed by atoms with Crippen molar-refractivity contribution in [1.82, 2.24) is 10.3 Å². The highest BCUT2D eigenvalue weighted by atomic mass is 79.9. The standard InChI is InChI=1S/C16H22BrClN2O/c1-11(2)8-16(5-3-4-6-16)10-20-15(21)13-7-12(17)9-19-14(13)18/h7,9,11H,3-6,8,10H2,1-2H3,(H,20,21). The second-order valence-electron chi connectivity index (χ2n) is 6.48. The summed E-state index contributed by atoms with van der Waals surface area (Å²) in [5.41, 5.74) is 0.694. The molecule has 1 fully saturated rings. The molecule has 1 aliphatic carbocycles. The number of nitrogens with zero attached hydrogens (tertiary/aromatic N) is 1. The van der Waals surface area contributed by atoms with E-state index in [0.29, 0.717) is 11.5 Å². The summed E-state index contributed by atoms with van der Waals surface area (Å²) in [4.78, 5) is 16.3. The Morgan fingerprint density at radius 3 is 2.76 bits per heavy atom. The third-order valence-electron chi connectivity index (χ3n) is 4.18. The van der Waals surface area contributed by atoms with Crippen molar-refractivity contribution in [1.29, 1.82) is 0 Å². The van der Waals surface area contributed by atoms with Crippen LogP contribution in [-0.2, 0) is 0 Å². The van der Waals surface area contributed by atoms with E-state index in [1.807, 2.05) is 0 Å². The fraction of sp³-hybridized carbons (Fsp3) is 0.625. The van der Waals surface area contributed by atoms with Crippen LogP contribution in [0, 0.1) is 11.3 Å². The summed E-state index contributed by atoms with van der Waals surface area (Å²) < 4.78 is 0.759. The first kappa shape index (κ1) is 16.8. The van der Waals surface area contributed by atoms with E-state index in [-0.39, 0.29) is 16.5 Å². The van der Waals surface area contributed by atoms with Crippen molar-refractivity contribution < 1.29 is 4.79 Å². The average Bonchev–Trinajstić information content (AvgIpc) is 2.87. The molecule has 1 heterocycles. The first-order valence-electron chi connectivity index (χ1n) is 7.51. The monoisotopic (exact) mass is 372 g/mol. The van der Waals surface area contributed by atoms with E-state index in [4.69, 9.17) is 11.6 Å². The topological polar surface area (TPSA) is 42.0 Å². The maximum absolute atomic E-state index is 12.3.